The molecular weight excluding hydrogens is 452 g/mol. The molecule has 4 unspecified atom stereocenters. The summed E-state index contributed by atoms with van der Waals surface area (Å²) in [4.78, 5) is 36.3. The Morgan fingerprint density at radius 3 is 2.80 bits per heavy atom. The van der Waals surface area contributed by atoms with Gasteiger partial charge < -0.3 is 30.0 Å². The summed E-state index contributed by atoms with van der Waals surface area (Å²) in [7, 11) is 0. The van der Waals surface area contributed by atoms with E-state index in [1.807, 2.05) is 12.3 Å². The van der Waals surface area contributed by atoms with E-state index >= 15 is 0 Å². The maximum absolute atomic E-state index is 12.6. The van der Waals surface area contributed by atoms with Crippen LogP contribution in [0.5, 0.6) is 0 Å². The maximum atomic E-state index is 12.6. The number of aromatic nitrogens is 4. The monoisotopic (exact) mass is 478 g/mol. The van der Waals surface area contributed by atoms with Crippen molar-refractivity contribution >= 4 is 28.6 Å². The Kier molecular flexibility index (Phi) is 4.48. The molecule has 3 aromatic rings. The Bertz CT molecular complexity index is 1320. The van der Waals surface area contributed by atoms with Crippen molar-refractivity contribution in [3.63, 3.8) is 0 Å². The molecule has 35 heavy (non-hydrogen) atoms. The summed E-state index contributed by atoms with van der Waals surface area (Å²) in [6.07, 6.45) is 8.74. The fourth-order valence-electron chi connectivity index (χ4n) is 6.98. The van der Waals surface area contributed by atoms with Crippen LogP contribution >= 0.6 is 0 Å². The van der Waals surface area contributed by atoms with Crippen LogP contribution in [0.1, 0.15) is 49.1 Å². The first-order chi connectivity index (χ1) is 17.0. The van der Waals surface area contributed by atoms with Crippen LogP contribution in [-0.2, 0) is 9.53 Å². The normalized spacial score (nSPS) is 33.3. The standard InChI is InChI=1S/C24H26N6O5/c31-21(27-16-2-4-34-23(16)32)20-29-22(35-30-20)15-10-26-19-14(1-3-25-19)18(15)28-17-12-5-11-6-13(17)9-24(33,7-11)8-12/h1,3,10-13,16-17,33H,2,4-9H2,(H,27,31)(H2,25,26,28)/t11?,12-,13+,16?,17?,24?. The lowest BCUT2D eigenvalue weighted by atomic mass is 9.52. The third-order valence-corrected chi connectivity index (χ3v) is 8.24. The van der Waals surface area contributed by atoms with Gasteiger partial charge in [-0.25, -0.2) is 9.78 Å². The summed E-state index contributed by atoms with van der Waals surface area (Å²) in [5, 5.41) is 22.1. The molecule has 4 heterocycles. The van der Waals surface area contributed by atoms with Gasteiger partial charge in [-0.2, -0.15) is 4.98 Å². The molecule has 5 aliphatic rings. The third kappa shape index (κ3) is 3.40. The number of cyclic esters (lactones) is 1. The Hall–Kier alpha value is -3.47. The van der Waals surface area contributed by atoms with Gasteiger partial charge in [0.15, 0.2) is 0 Å². The zero-order valence-corrected chi connectivity index (χ0v) is 19.0. The Labute approximate surface area is 200 Å². The summed E-state index contributed by atoms with van der Waals surface area (Å²) in [6, 6.07) is 1.48. The maximum Gasteiger partial charge on any atom is 0.328 e. The van der Waals surface area contributed by atoms with E-state index < -0.39 is 23.5 Å². The number of esters is 1. The Morgan fingerprint density at radius 1 is 1.23 bits per heavy atom. The molecule has 182 valence electrons. The van der Waals surface area contributed by atoms with E-state index in [9.17, 15) is 14.7 Å². The number of nitrogens with one attached hydrogen (secondary N) is 3. The summed E-state index contributed by atoms with van der Waals surface area (Å²) in [5.41, 5.74) is 1.66. The van der Waals surface area contributed by atoms with Crippen LogP contribution in [0.3, 0.4) is 0 Å². The fourth-order valence-corrected chi connectivity index (χ4v) is 6.98. The van der Waals surface area contributed by atoms with Gasteiger partial charge in [0.2, 0.25) is 0 Å². The Balaban J connectivity index is 1.20. The molecule has 4 N–H and O–H groups in total. The summed E-state index contributed by atoms with van der Waals surface area (Å²) in [5.74, 6) is 0.363. The van der Waals surface area contributed by atoms with Crippen LogP contribution in [0, 0.1) is 17.8 Å². The van der Waals surface area contributed by atoms with E-state index in [4.69, 9.17) is 9.26 Å². The van der Waals surface area contributed by atoms with Crippen molar-refractivity contribution in [2.24, 2.45) is 17.8 Å². The minimum Gasteiger partial charge on any atom is -0.464 e. The van der Waals surface area contributed by atoms with Crippen molar-refractivity contribution in [2.75, 3.05) is 11.9 Å². The van der Waals surface area contributed by atoms with Crippen molar-refractivity contribution < 1.29 is 24.0 Å². The van der Waals surface area contributed by atoms with E-state index in [0.29, 0.717) is 29.7 Å². The first kappa shape index (κ1) is 20.9. The molecule has 11 heteroatoms. The van der Waals surface area contributed by atoms with Gasteiger partial charge >= 0.3 is 5.97 Å². The van der Waals surface area contributed by atoms with Crippen molar-refractivity contribution in [1.82, 2.24) is 25.4 Å². The van der Waals surface area contributed by atoms with Gasteiger partial charge in [-0.15, -0.1) is 0 Å². The molecule has 0 aromatic carbocycles. The first-order valence-corrected chi connectivity index (χ1v) is 12.2. The molecule has 4 aliphatic carbocycles. The largest absolute Gasteiger partial charge is 0.464 e. The molecule has 1 amide bonds. The SMILES string of the molecule is O=C(NC1CCOC1=O)c1noc(-c2cnc3[nH]ccc3c2NC2[C@@H]3CC4C[C@H]2CC(O)(C4)C3)n1. The predicted octanol–water partition coefficient (Wildman–Crippen LogP) is 2.01. The van der Waals surface area contributed by atoms with Gasteiger partial charge in [-0.05, 0) is 55.9 Å². The van der Waals surface area contributed by atoms with Crippen molar-refractivity contribution in [2.45, 2.75) is 56.2 Å². The zero-order valence-electron chi connectivity index (χ0n) is 19.0. The van der Waals surface area contributed by atoms with Gasteiger partial charge in [0.1, 0.15) is 11.7 Å². The second-order valence-electron chi connectivity index (χ2n) is 10.6. The van der Waals surface area contributed by atoms with Crippen molar-refractivity contribution in [1.29, 1.82) is 0 Å². The number of aliphatic hydroxyl groups is 1. The lowest BCUT2D eigenvalue weighted by Gasteiger charge is -2.58. The summed E-state index contributed by atoms with van der Waals surface area (Å²) >= 11 is 0. The summed E-state index contributed by atoms with van der Waals surface area (Å²) in [6.45, 7) is 0.278. The minimum absolute atomic E-state index is 0.156. The van der Waals surface area contributed by atoms with E-state index in [1.165, 1.54) is 0 Å². The second kappa shape index (κ2) is 7.51. The highest BCUT2D eigenvalue weighted by Gasteiger charge is 2.54. The number of H-pyrrole nitrogens is 1. The molecule has 3 aromatic heterocycles. The number of carbonyl (C=O) groups excluding carboxylic acids is 2. The number of ether oxygens (including phenoxy) is 1. The molecule has 1 saturated heterocycles. The van der Waals surface area contributed by atoms with Gasteiger partial charge in [-0.3, -0.25) is 4.79 Å². The predicted molar refractivity (Wildman–Crippen MR) is 122 cm³/mol. The number of aromatic amines is 1. The highest BCUT2D eigenvalue weighted by Crippen LogP contribution is 2.56. The molecule has 11 nitrogen and oxygen atoms in total. The molecule has 8 rings (SSSR count). The first-order valence-electron chi connectivity index (χ1n) is 12.2. The molecule has 4 saturated carbocycles. The molecule has 4 bridgehead atoms. The van der Waals surface area contributed by atoms with Gasteiger partial charge in [0.25, 0.3) is 17.6 Å². The number of fused-ring (bicyclic) bond motifs is 1. The molecule has 1 aliphatic heterocycles. The van der Waals surface area contributed by atoms with Gasteiger partial charge in [-0.1, -0.05) is 5.16 Å². The second-order valence-corrected chi connectivity index (χ2v) is 10.6. The highest BCUT2D eigenvalue weighted by molar-refractivity contribution is 5.98. The number of nitrogens with zero attached hydrogens (tertiary/aromatic N) is 3. The molecule has 0 spiro atoms. The van der Waals surface area contributed by atoms with E-state index in [1.54, 1.807) is 6.20 Å². The number of anilines is 1. The molecule has 5 fully saturated rings. The van der Waals surface area contributed by atoms with Gasteiger partial charge in [0.05, 0.1) is 23.5 Å². The number of pyridine rings is 1. The average Bonchev–Trinajstić information content (AvgIpc) is 3.56. The van der Waals surface area contributed by atoms with Crippen LogP contribution in [0.2, 0.25) is 0 Å². The molecule has 0 radical (unpaired) electrons. The van der Waals surface area contributed by atoms with Crippen LogP contribution in [0.4, 0.5) is 5.69 Å². The number of hydrogen-bond donors (Lipinski definition) is 4. The average molecular weight is 479 g/mol. The molecular formula is C24H26N6O5. The van der Waals surface area contributed by atoms with Crippen LogP contribution in [-0.4, -0.2) is 61.4 Å². The quantitative estimate of drug-likeness (QED) is 0.403. The third-order valence-electron chi connectivity index (χ3n) is 8.24. The van der Waals surface area contributed by atoms with E-state index in [2.05, 4.69) is 30.7 Å². The smallest absolute Gasteiger partial charge is 0.328 e. The Morgan fingerprint density at radius 2 is 2.06 bits per heavy atom. The number of amides is 1. The number of rotatable bonds is 5. The number of carbonyl (C=O) groups is 2. The van der Waals surface area contributed by atoms with Crippen LogP contribution in [0.15, 0.2) is 23.0 Å². The van der Waals surface area contributed by atoms with Crippen molar-refractivity contribution in [3.8, 4) is 11.5 Å². The highest BCUT2D eigenvalue weighted by atomic mass is 16.5. The fraction of sp³-hybridized carbons (Fsp3) is 0.542. The van der Waals surface area contributed by atoms with E-state index in [0.717, 1.165) is 48.8 Å². The van der Waals surface area contributed by atoms with Crippen LogP contribution in [0.25, 0.3) is 22.5 Å². The topological polar surface area (TPSA) is 155 Å². The van der Waals surface area contributed by atoms with Crippen molar-refractivity contribution in [3.05, 3.63) is 24.3 Å². The minimum atomic E-state index is -0.703. The van der Waals surface area contributed by atoms with Crippen LogP contribution < -0.4 is 10.6 Å². The summed E-state index contributed by atoms with van der Waals surface area (Å²) < 4.78 is 10.4. The lowest BCUT2D eigenvalue weighted by molar-refractivity contribution is -0.139. The zero-order chi connectivity index (χ0) is 23.7. The number of hydrogen-bond acceptors (Lipinski definition) is 9. The van der Waals surface area contributed by atoms with Gasteiger partial charge in [0, 0.05) is 30.2 Å². The lowest BCUT2D eigenvalue weighted by Crippen LogP contribution is -2.59. The molecule has 6 atom stereocenters. The van der Waals surface area contributed by atoms with E-state index in [-0.39, 0.29) is 24.4 Å².